The number of nitrogens with zero attached hydrogens (tertiary/aromatic N) is 2. The van der Waals surface area contributed by atoms with Crippen molar-refractivity contribution in [2.45, 2.75) is 32.0 Å². The van der Waals surface area contributed by atoms with Crippen LogP contribution < -0.4 is 4.74 Å². The molecule has 1 aliphatic rings. The third kappa shape index (κ3) is 4.43. The van der Waals surface area contributed by atoms with Crippen molar-refractivity contribution in [3.05, 3.63) is 72.3 Å². The zero-order valence-corrected chi connectivity index (χ0v) is 16.5. The molecule has 2 aromatic rings. The molecule has 3 rings (SSSR count). The van der Waals surface area contributed by atoms with Crippen molar-refractivity contribution in [3.63, 3.8) is 0 Å². The molecule has 0 spiro atoms. The van der Waals surface area contributed by atoms with Gasteiger partial charge in [-0.15, -0.1) is 6.58 Å². The molecule has 1 saturated heterocycles. The lowest BCUT2D eigenvalue weighted by molar-refractivity contribution is -0.120. The van der Waals surface area contributed by atoms with Gasteiger partial charge in [-0.1, -0.05) is 30.3 Å². The Morgan fingerprint density at radius 3 is 2.54 bits per heavy atom. The summed E-state index contributed by atoms with van der Waals surface area (Å²) in [4.78, 5) is 15.7. The summed E-state index contributed by atoms with van der Waals surface area (Å²) in [6.45, 7) is 11.5. The van der Waals surface area contributed by atoms with E-state index in [0.29, 0.717) is 24.3 Å². The van der Waals surface area contributed by atoms with E-state index in [2.05, 4.69) is 30.2 Å². The number of carbonyl (C=O) groups excluding carboxylic acids is 1. The summed E-state index contributed by atoms with van der Waals surface area (Å²) < 4.78 is 5.07. The van der Waals surface area contributed by atoms with Gasteiger partial charge in [0.05, 0.1) is 6.04 Å². The van der Waals surface area contributed by atoms with Gasteiger partial charge < -0.3 is 9.84 Å². The Labute approximate surface area is 166 Å². The second-order valence-electron chi connectivity index (χ2n) is 7.42. The fourth-order valence-electron chi connectivity index (χ4n) is 4.09. The Morgan fingerprint density at radius 1 is 1.14 bits per heavy atom. The Hall–Kier alpha value is -2.63. The fraction of sp³-hybridized carbons (Fsp3) is 0.348. The second kappa shape index (κ2) is 9.04. The quantitative estimate of drug-likeness (QED) is 0.588. The van der Waals surface area contributed by atoms with Crippen molar-refractivity contribution < 1.29 is 14.6 Å². The molecule has 2 aromatic carbocycles. The zero-order valence-electron chi connectivity index (χ0n) is 16.5. The molecular formula is C23H28N2O3. The average Bonchev–Trinajstić information content (AvgIpc) is 2.67. The molecule has 5 nitrogen and oxygen atoms in total. The SMILES string of the molecule is C=CCN1C[C@H](C)N([C@H](c2cccc(O)c2)c2cccc(OC=O)c2)C[C@H]1C. The molecule has 5 heteroatoms. The molecular weight excluding hydrogens is 352 g/mol. The van der Waals surface area contributed by atoms with Gasteiger partial charge in [0.1, 0.15) is 11.5 Å². The van der Waals surface area contributed by atoms with Crippen LogP contribution in [0, 0.1) is 0 Å². The van der Waals surface area contributed by atoms with E-state index in [1.54, 1.807) is 12.1 Å². The van der Waals surface area contributed by atoms with Crippen LogP contribution in [0.1, 0.15) is 31.0 Å². The van der Waals surface area contributed by atoms with Crippen LogP contribution in [0.5, 0.6) is 11.5 Å². The van der Waals surface area contributed by atoms with E-state index in [4.69, 9.17) is 4.74 Å². The van der Waals surface area contributed by atoms with E-state index in [0.717, 1.165) is 30.8 Å². The Bertz CT molecular complexity index is 823. The summed E-state index contributed by atoms with van der Waals surface area (Å²) in [7, 11) is 0. The number of hydrogen-bond donors (Lipinski definition) is 1. The molecule has 1 aliphatic heterocycles. The summed E-state index contributed by atoms with van der Waals surface area (Å²) in [5.74, 6) is 0.762. The van der Waals surface area contributed by atoms with E-state index in [9.17, 15) is 9.90 Å². The summed E-state index contributed by atoms with van der Waals surface area (Å²) in [5, 5.41) is 10.1. The third-order valence-electron chi connectivity index (χ3n) is 5.40. The molecule has 148 valence electrons. The predicted octanol–water partition coefficient (Wildman–Crippen LogP) is 3.60. The van der Waals surface area contributed by atoms with Gasteiger partial charge in [0, 0.05) is 31.7 Å². The van der Waals surface area contributed by atoms with Gasteiger partial charge >= 0.3 is 0 Å². The van der Waals surface area contributed by atoms with Crippen molar-refractivity contribution >= 4 is 6.47 Å². The second-order valence-corrected chi connectivity index (χ2v) is 7.42. The van der Waals surface area contributed by atoms with Crippen molar-refractivity contribution in [2.75, 3.05) is 19.6 Å². The molecule has 0 aromatic heterocycles. The average molecular weight is 380 g/mol. The first kappa shape index (κ1) is 20.1. The number of carbonyl (C=O) groups is 1. The number of hydrogen-bond acceptors (Lipinski definition) is 5. The molecule has 0 saturated carbocycles. The standard InChI is InChI=1S/C23H28N2O3/c1-4-11-24-14-18(3)25(15-17(24)2)23(19-7-5-9-21(27)12-19)20-8-6-10-22(13-20)28-16-26/h4-10,12-13,16-18,23,27H,1,11,14-15H2,2-3H3/t17-,18+,23-/m1/s1. The topological polar surface area (TPSA) is 53.0 Å². The van der Waals surface area contributed by atoms with E-state index < -0.39 is 0 Å². The number of phenols is 1. The highest BCUT2D eigenvalue weighted by Gasteiger charge is 2.34. The van der Waals surface area contributed by atoms with E-state index in [1.165, 1.54) is 0 Å². The minimum absolute atomic E-state index is 0.0503. The number of piperazine rings is 1. The van der Waals surface area contributed by atoms with Gasteiger partial charge in [0.25, 0.3) is 6.47 Å². The first-order valence-electron chi connectivity index (χ1n) is 9.63. The summed E-state index contributed by atoms with van der Waals surface area (Å²) in [5.41, 5.74) is 2.04. The third-order valence-corrected chi connectivity index (χ3v) is 5.40. The molecule has 1 N–H and O–H groups in total. The zero-order chi connectivity index (χ0) is 20.1. The number of aromatic hydroxyl groups is 1. The van der Waals surface area contributed by atoms with Crippen molar-refractivity contribution in [1.29, 1.82) is 0 Å². The van der Waals surface area contributed by atoms with Gasteiger partial charge in [-0.2, -0.15) is 0 Å². The highest BCUT2D eigenvalue weighted by atomic mass is 16.5. The summed E-state index contributed by atoms with van der Waals surface area (Å²) >= 11 is 0. The highest BCUT2D eigenvalue weighted by molar-refractivity contribution is 5.47. The van der Waals surface area contributed by atoms with Crippen molar-refractivity contribution in [1.82, 2.24) is 9.80 Å². The lowest BCUT2D eigenvalue weighted by Crippen LogP contribution is -2.57. The molecule has 0 unspecified atom stereocenters. The predicted molar refractivity (Wildman–Crippen MR) is 110 cm³/mol. The van der Waals surface area contributed by atoms with Gasteiger partial charge in [-0.05, 0) is 49.2 Å². The first-order valence-corrected chi connectivity index (χ1v) is 9.63. The number of ether oxygens (including phenoxy) is 1. The Morgan fingerprint density at radius 2 is 1.86 bits per heavy atom. The van der Waals surface area contributed by atoms with Crippen LogP contribution in [-0.4, -0.2) is 53.1 Å². The van der Waals surface area contributed by atoms with Gasteiger partial charge in [-0.3, -0.25) is 14.6 Å². The number of rotatable bonds is 7. The molecule has 0 amide bonds. The molecule has 1 heterocycles. The van der Waals surface area contributed by atoms with Crippen LogP contribution in [0.4, 0.5) is 0 Å². The van der Waals surface area contributed by atoms with Gasteiger partial charge in [-0.25, -0.2) is 0 Å². The lowest BCUT2D eigenvalue weighted by Gasteiger charge is -2.47. The number of phenolic OH excluding ortho intramolecular Hbond substituents is 1. The van der Waals surface area contributed by atoms with Crippen LogP contribution >= 0.6 is 0 Å². The molecule has 0 aliphatic carbocycles. The van der Waals surface area contributed by atoms with E-state index in [1.807, 2.05) is 42.5 Å². The van der Waals surface area contributed by atoms with Crippen LogP contribution in [0.3, 0.4) is 0 Å². The molecule has 0 radical (unpaired) electrons. The largest absolute Gasteiger partial charge is 0.508 e. The number of benzene rings is 2. The van der Waals surface area contributed by atoms with Crippen LogP contribution in [0.25, 0.3) is 0 Å². The normalized spacial score (nSPS) is 21.8. The fourth-order valence-corrected chi connectivity index (χ4v) is 4.09. The van der Waals surface area contributed by atoms with Gasteiger partial charge in [0.15, 0.2) is 0 Å². The summed E-state index contributed by atoms with van der Waals surface area (Å²) in [6.07, 6.45) is 1.95. The maximum absolute atomic E-state index is 10.8. The van der Waals surface area contributed by atoms with Crippen molar-refractivity contribution in [2.24, 2.45) is 0 Å². The van der Waals surface area contributed by atoms with Crippen molar-refractivity contribution in [3.8, 4) is 11.5 Å². The maximum atomic E-state index is 10.8. The minimum Gasteiger partial charge on any atom is -0.508 e. The smallest absolute Gasteiger partial charge is 0.298 e. The maximum Gasteiger partial charge on any atom is 0.298 e. The van der Waals surface area contributed by atoms with Crippen LogP contribution in [0.2, 0.25) is 0 Å². The lowest BCUT2D eigenvalue weighted by atomic mass is 9.93. The first-order chi connectivity index (χ1) is 13.5. The Kier molecular flexibility index (Phi) is 6.49. The molecule has 1 fully saturated rings. The Balaban J connectivity index is 2.01. The molecule has 0 bridgehead atoms. The van der Waals surface area contributed by atoms with Gasteiger partial charge in [0.2, 0.25) is 0 Å². The monoisotopic (exact) mass is 380 g/mol. The van der Waals surface area contributed by atoms with E-state index in [-0.39, 0.29) is 11.8 Å². The van der Waals surface area contributed by atoms with Crippen LogP contribution in [-0.2, 0) is 4.79 Å². The van der Waals surface area contributed by atoms with E-state index >= 15 is 0 Å². The highest BCUT2D eigenvalue weighted by Crippen LogP contribution is 2.35. The van der Waals surface area contributed by atoms with Crippen LogP contribution in [0.15, 0.2) is 61.2 Å². The molecule has 3 atom stereocenters. The molecule has 28 heavy (non-hydrogen) atoms. The minimum atomic E-state index is -0.0503. The summed E-state index contributed by atoms with van der Waals surface area (Å²) in [6, 6.07) is 15.6.